The quantitative estimate of drug-likeness (QED) is 0.781. The predicted molar refractivity (Wildman–Crippen MR) is 68.9 cm³/mol. The topological polar surface area (TPSA) is 18.5 Å². The Labute approximate surface area is 102 Å². The standard InChI is InChI=1S/C15H16O2/c1-3-16-14-6-4-5-7-15(14)17-13-10-8-12(2)9-11-13/h4-11H,3H2,1-2H3. The Kier molecular flexibility index (Phi) is 3.66. The fraction of sp³-hybridized carbons (Fsp3) is 0.200. The first-order chi connectivity index (χ1) is 8.29. The number of para-hydroxylation sites is 2. The molecule has 0 aliphatic heterocycles. The zero-order chi connectivity index (χ0) is 12.1. The molecule has 88 valence electrons. The maximum absolute atomic E-state index is 5.79. The average Bonchev–Trinajstić information content (AvgIpc) is 2.35. The van der Waals surface area contributed by atoms with Crippen molar-refractivity contribution >= 4 is 0 Å². The van der Waals surface area contributed by atoms with Crippen molar-refractivity contribution in [3.8, 4) is 17.2 Å². The van der Waals surface area contributed by atoms with E-state index in [1.165, 1.54) is 5.56 Å². The van der Waals surface area contributed by atoms with E-state index in [4.69, 9.17) is 9.47 Å². The van der Waals surface area contributed by atoms with Gasteiger partial charge in [0.15, 0.2) is 11.5 Å². The van der Waals surface area contributed by atoms with Crippen molar-refractivity contribution in [1.29, 1.82) is 0 Å². The third-order valence-electron chi connectivity index (χ3n) is 2.40. The molecule has 0 aliphatic rings. The Bertz CT molecular complexity index is 475. The third-order valence-corrected chi connectivity index (χ3v) is 2.40. The van der Waals surface area contributed by atoms with Crippen LogP contribution in [0, 0.1) is 6.92 Å². The van der Waals surface area contributed by atoms with Crippen LogP contribution in [-0.2, 0) is 0 Å². The Hall–Kier alpha value is -1.96. The monoisotopic (exact) mass is 228 g/mol. The summed E-state index contributed by atoms with van der Waals surface area (Å²) in [5.74, 6) is 2.34. The lowest BCUT2D eigenvalue weighted by atomic mass is 10.2. The summed E-state index contributed by atoms with van der Waals surface area (Å²) in [6, 6.07) is 15.7. The fourth-order valence-electron chi connectivity index (χ4n) is 1.54. The van der Waals surface area contributed by atoms with Crippen LogP contribution >= 0.6 is 0 Å². The van der Waals surface area contributed by atoms with Gasteiger partial charge in [0.1, 0.15) is 5.75 Å². The first-order valence-corrected chi connectivity index (χ1v) is 5.76. The normalized spacial score (nSPS) is 10.0. The van der Waals surface area contributed by atoms with Crippen molar-refractivity contribution in [3.05, 3.63) is 54.1 Å². The summed E-state index contributed by atoms with van der Waals surface area (Å²) in [6.45, 7) is 4.65. The van der Waals surface area contributed by atoms with Gasteiger partial charge in [0, 0.05) is 0 Å². The maximum Gasteiger partial charge on any atom is 0.169 e. The van der Waals surface area contributed by atoms with Gasteiger partial charge < -0.3 is 9.47 Å². The highest BCUT2D eigenvalue weighted by Crippen LogP contribution is 2.31. The lowest BCUT2D eigenvalue weighted by molar-refractivity contribution is 0.321. The van der Waals surface area contributed by atoms with Gasteiger partial charge in [0.05, 0.1) is 6.61 Å². The number of ether oxygens (including phenoxy) is 2. The molecular weight excluding hydrogens is 212 g/mol. The van der Waals surface area contributed by atoms with Crippen molar-refractivity contribution in [3.63, 3.8) is 0 Å². The lowest BCUT2D eigenvalue weighted by Crippen LogP contribution is -1.94. The molecule has 0 aliphatic carbocycles. The molecule has 0 atom stereocenters. The van der Waals surface area contributed by atoms with Crippen LogP contribution in [0.3, 0.4) is 0 Å². The second kappa shape index (κ2) is 5.39. The summed E-state index contributed by atoms with van der Waals surface area (Å²) in [7, 11) is 0. The molecule has 2 aromatic carbocycles. The van der Waals surface area contributed by atoms with E-state index in [9.17, 15) is 0 Å². The summed E-state index contributed by atoms with van der Waals surface area (Å²) in [6.07, 6.45) is 0. The van der Waals surface area contributed by atoms with Crippen LogP contribution in [0.5, 0.6) is 17.2 Å². The summed E-state index contributed by atoms with van der Waals surface area (Å²) in [5, 5.41) is 0. The number of benzene rings is 2. The molecule has 2 nitrogen and oxygen atoms in total. The van der Waals surface area contributed by atoms with E-state index in [0.717, 1.165) is 17.2 Å². The van der Waals surface area contributed by atoms with E-state index in [1.54, 1.807) is 0 Å². The summed E-state index contributed by atoms with van der Waals surface area (Å²) < 4.78 is 11.3. The minimum Gasteiger partial charge on any atom is -0.490 e. The molecule has 0 bridgehead atoms. The van der Waals surface area contributed by atoms with E-state index >= 15 is 0 Å². The largest absolute Gasteiger partial charge is 0.490 e. The van der Waals surface area contributed by atoms with E-state index in [1.807, 2.05) is 55.5 Å². The van der Waals surface area contributed by atoms with E-state index in [2.05, 4.69) is 6.92 Å². The van der Waals surface area contributed by atoms with Gasteiger partial charge in [-0.25, -0.2) is 0 Å². The SMILES string of the molecule is CCOc1ccccc1Oc1ccc(C)cc1. The van der Waals surface area contributed by atoms with Crippen molar-refractivity contribution < 1.29 is 9.47 Å². The fourth-order valence-corrected chi connectivity index (χ4v) is 1.54. The Balaban J connectivity index is 2.20. The Morgan fingerprint density at radius 3 is 2.18 bits per heavy atom. The van der Waals surface area contributed by atoms with Crippen LogP contribution in [0.1, 0.15) is 12.5 Å². The minimum absolute atomic E-state index is 0.633. The van der Waals surface area contributed by atoms with Gasteiger partial charge >= 0.3 is 0 Å². The Morgan fingerprint density at radius 2 is 1.53 bits per heavy atom. The number of rotatable bonds is 4. The maximum atomic E-state index is 5.79. The molecule has 0 radical (unpaired) electrons. The predicted octanol–water partition coefficient (Wildman–Crippen LogP) is 4.19. The molecule has 2 rings (SSSR count). The number of hydrogen-bond donors (Lipinski definition) is 0. The van der Waals surface area contributed by atoms with Crippen LogP contribution in [0.15, 0.2) is 48.5 Å². The summed E-state index contributed by atoms with van der Waals surface area (Å²) in [5.41, 5.74) is 1.22. The van der Waals surface area contributed by atoms with Crippen LogP contribution in [0.25, 0.3) is 0 Å². The molecule has 0 saturated heterocycles. The van der Waals surface area contributed by atoms with Crippen LogP contribution < -0.4 is 9.47 Å². The molecular formula is C15H16O2. The molecule has 2 aromatic rings. The summed E-state index contributed by atoms with van der Waals surface area (Å²) in [4.78, 5) is 0. The van der Waals surface area contributed by atoms with Gasteiger partial charge in [-0.2, -0.15) is 0 Å². The zero-order valence-electron chi connectivity index (χ0n) is 10.1. The number of aryl methyl sites for hydroxylation is 1. The van der Waals surface area contributed by atoms with Gasteiger partial charge in [-0.15, -0.1) is 0 Å². The van der Waals surface area contributed by atoms with Crippen molar-refractivity contribution in [2.75, 3.05) is 6.61 Å². The Morgan fingerprint density at radius 1 is 0.882 bits per heavy atom. The van der Waals surface area contributed by atoms with Crippen LogP contribution in [0.2, 0.25) is 0 Å². The van der Waals surface area contributed by atoms with Crippen LogP contribution in [0.4, 0.5) is 0 Å². The highest BCUT2D eigenvalue weighted by atomic mass is 16.5. The molecule has 0 spiro atoms. The molecule has 0 aromatic heterocycles. The molecule has 0 unspecified atom stereocenters. The molecule has 2 heteroatoms. The number of hydrogen-bond acceptors (Lipinski definition) is 2. The average molecular weight is 228 g/mol. The van der Waals surface area contributed by atoms with E-state index < -0.39 is 0 Å². The highest BCUT2D eigenvalue weighted by molar-refractivity contribution is 5.42. The highest BCUT2D eigenvalue weighted by Gasteiger charge is 2.04. The molecule has 0 heterocycles. The molecule has 0 amide bonds. The second-order valence-electron chi connectivity index (χ2n) is 3.79. The molecule has 17 heavy (non-hydrogen) atoms. The van der Waals surface area contributed by atoms with Crippen molar-refractivity contribution in [1.82, 2.24) is 0 Å². The van der Waals surface area contributed by atoms with E-state index in [-0.39, 0.29) is 0 Å². The van der Waals surface area contributed by atoms with Crippen molar-refractivity contribution in [2.24, 2.45) is 0 Å². The van der Waals surface area contributed by atoms with Gasteiger partial charge in [0.25, 0.3) is 0 Å². The van der Waals surface area contributed by atoms with Gasteiger partial charge in [-0.1, -0.05) is 29.8 Å². The zero-order valence-corrected chi connectivity index (χ0v) is 10.1. The molecule has 0 N–H and O–H groups in total. The van der Waals surface area contributed by atoms with Gasteiger partial charge in [-0.05, 0) is 38.1 Å². The van der Waals surface area contributed by atoms with Crippen LogP contribution in [-0.4, -0.2) is 6.61 Å². The minimum atomic E-state index is 0.633. The first kappa shape index (κ1) is 11.5. The first-order valence-electron chi connectivity index (χ1n) is 5.76. The molecule has 0 saturated carbocycles. The van der Waals surface area contributed by atoms with Crippen molar-refractivity contribution in [2.45, 2.75) is 13.8 Å². The smallest absolute Gasteiger partial charge is 0.169 e. The second-order valence-corrected chi connectivity index (χ2v) is 3.79. The van der Waals surface area contributed by atoms with E-state index in [0.29, 0.717) is 6.61 Å². The third kappa shape index (κ3) is 3.00. The molecule has 0 fully saturated rings. The van der Waals surface area contributed by atoms with Gasteiger partial charge in [0.2, 0.25) is 0 Å². The lowest BCUT2D eigenvalue weighted by Gasteiger charge is -2.11. The van der Waals surface area contributed by atoms with Gasteiger partial charge in [-0.3, -0.25) is 0 Å². The summed E-state index contributed by atoms with van der Waals surface area (Å²) >= 11 is 0.